The molecule has 1 aliphatic heterocycles. The van der Waals surface area contributed by atoms with Crippen LogP contribution in [0.1, 0.15) is 24.0 Å². The van der Waals surface area contributed by atoms with Gasteiger partial charge in [0.25, 0.3) is 5.56 Å². The lowest BCUT2D eigenvalue weighted by molar-refractivity contribution is 0.225. The van der Waals surface area contributed by atoms with Crippen molar-refractivity contribution in [2.75, 3.05) is 23.4 Å². The molecule has 3 heterocycles. The van der Waals surface area contributed by atoms with Gasteiger partial charge in [-0.15, -0.1) is 12.0 Å². The van der Waals surface area contributed by atoms with Gasteiger partial charge in [0, 0.05) is 54.9 Å². The molecule has 2 aromatic heterocycles. The molecule has 39 heavy (non-hydrogen) atoms. The van der Waals surface area contributed by atoms with Gasteiger partial charge in [0.05, 0.1) is 0 Å². The van der Waals surface area contributed by atoms with Crippen molar-refractivity contribution in [3.8, 4) is 16.3 Å². The summed E-state index contributed by atoms with van der Waals surface area (Å²) in [6.07, 6.45) is 4.89. The number of nitrogens with zero attached hydrogens (tertiary/aromatic N) is 3. The summed E-state index contributed by atoms with van der Waals surface area (Å²) in [6.45, 7) is 1.94. The van der Waals surface area contributed by atoms with Gasteiger partial charge < -0.3 is 15.7 Å². The molecule has 3 N–H and O–H groups in total. The molecule has 9 heteroatoms. The molecule has 1 fully saturated rings. The third kappa shape index (κ3) is 6.53. The molecule has 4 aromatic rings. The number of anilines is 2. The van der Waals surface area contributed by atoms with Gasteiger partial charge in [-0.2, -0.15) is 0 Å². The van der Waals surface area contributed by atoms with Crippen molar-refractivity contribution in [3.05, 3.63) is 113 Å². The minimum absolute atomic E-state index is 0.00789. The van der Waals surface area contributed by atoms with Crippen LogP contribution in [0.25, 0.3) is 11.1 Å². The molecule has 1 aliphatic rings. The lowest BCUT2D eigenvalue weighted by Crippen LogP contribution is -2.51. The number of benzene rings is 2. The monoisotopic (exact) mass is 538 g/mol. The summed E-state index contributed by atoms with van der Waals surface area (Å²) in [5.74, 6) is 0.754. The summed E-state index contributed by atoms with van der Waals surface area (Å²) in [5, 5.41) is 7.98. The number of pyridine rings is 2. The van der Waals surface area contributed by atoms with Crippen LogP contribution in [0.5, 0.6) is 0 Å². The van der Waals surface area contributed by atoms with Crippen molar-refractivity contribution in [1.82, 2.24) is 20.3 Å². The molecule has 5 rings (SSSR count). The minimum Gasteiger partial charge on any atom is -0.334 e. The summed E-state index contributed by atoms with van der Waals surface area (Å²) in [7, 11) is 0. The van der Waals surface area contributed by atoms with Gasteiger partial charge >= 0.3 is 6.03 Å². The Bertz CT molecular complexity index is 1490. The predicted molar refractivity (Wildman–Crippen MR) is 158 cm³/mol. The maximum absolute atomic E-state index is 13.6. The van der Waals surface area contributed by atoms with Crippen LogP contribution in [0.15, 0.2) is 96.1 Å². The fraction of sp³-hybridized carbons (Fsp3) is 0.200. The molecule has 0 saturated carbocycles. The highest BCUT2D eigenvalue weighted by Crippen LogP contribution is 2.27. The second kappa shape index (κ2) is 12.4. The van der Waals surface area contributed by atoms with E-state index in [1.165, 1.54) is 0 Å². The van der Waals surface area contributed by atoms with Crippen molar-refractivity contribution < 1.29 is 4.79 Å². The lowest BCUT2D eigenvalue weighted by atomic mass is 10.0. The number of hydrogen-bond donors (Lipinski definition) is 4. The van der Waals surface area contributed by atoms with Crippen LogP contribution in [0, 0.1) is 5.18 Å². The van der Waals surface area contributed by atoms with Crippen LogP contribution < -0.4 is 21.2 Å². The zero-order chi connectivity index (χ0) is 27.0. The number of rotatable bonds is 7. The highest BCUT2D eigenvalue weighted by molar-refractivity contribution is 7.69. The smallest absolute Gasteiger partial charge is 0.322 e. The van der Waals surface area contributed by atoms with Gasteiger partial charge in [-0.3, -0.25) is 9.69 Å². The lowest BCUT2D eigenvalue weighted by Gasteiger charge is -2.38. The van der Waals surface area contributed by atoms with Crippen molar-refractivity contribution in [3.63, 3.8) is 0 Å². The summed E-state index contributed by atoms with van der Waals surface area (Å²) < 4.78 is 0. The van der Waals surface area contributed by atoms with Gasteiger partial charge in [0.15, 0.2) is 0 Å². The number of piperidine rings is 1. The van der Waals surface area contributed by atoms with E-state index in [1.54, 1.807) is 24.5 Å². The largest absolute Gasteiger partial charge is 0.334 e. The number of hydrogen-bond acceptors (Lipinski definition) is 5. The SMILES string of the molecule is O=C(NCc1ccccc1)N(c1ccc(-c2ccc[nH]c2=O)cc1)C1CCN(Nc2ccc(C#[SH])cn2)CC1. The third-order valence-electron chi connectivity index (χ3n) is 6.77. The summed E-state index contributed by atoms with van der Waals surface area (Å²) in [6, 6.07) is 24.7. The Morgan fingerprint density at radius 1 is 1.03 bits per heavy atom. The number of aromatic nitrogens is 2. The molecular formula is C30H30N6O2S. The predicted octanol–water partition coefficient (Wildman–Crippen LogP) is 4.88. The maximum atomic E-state index is 13.6. The van der Waals surface area contributed by atoms with E-state index in [1.807, 2.05) is 71.6 Å². The Balaban J connectivity index is 1.31. The zero-order valence-corrected chi connectivity index (χ0v) is 22.3. The van der Waals surface area contributed by atoms with Gasteiger partial charge in [0.2, 0.25) is 0 Å². The molecule has 198 valence electrons. The molecular weight excluding hydrogens is 508 g/mol. The first-order valence-corrected chi connectivity index (χ1v) is 13.3. The number of carbonyl (C=O) groups excluding carboxylic acids is 1. The molecule has 0 atom stereocenters. The molecule has 2 amide bonds. The number of aromatic amines is 1. The van der Waals surface area contributed by atoms with Gasteiger partial charge in [-0.05, 0) is 60.4 Å². The Morgan fingerprint density at radius 2 is 1.79 bits per heavy atom. The average molecular weight is 539 g/mol. The van der Waals surface area contributed by atoms with E-state index in [0.29, 0.717) is 12.1 Å². The molecule has 0 radical (unpaired) electrons. The Labute approximate surface area is 232 Å². The second-order valence-corrected chi connectivity index (χ2v) is 9.57. The van der Waals surface area contributed by atoms with Crippen LogP contribution in [-0.4, -0.2) is 40.1 Å². The maximum Gasteiger partial charge on any atom is 0.322 e. The summed E-state index contributed by atoms with van der Waals surface area (Å²) >= 11 is 4.04. The Morgan fingerprint density at radius 3 is 2.46 bits per heavy atom. The summed E-state index contributed by atoms with van der Waals surface area (Å²) in [5.41, 5.74) is 7.26. The van der Waals surface area contributed by atoms with E-state index in [2.05, 4.69) is 42.9 Å². The van der Waals surface area contributed by atoms with Crippen LogP contribution in [-0.2, 0) is 6.54 Å². The number of amides is 2. The average Bonchev–Trinajstić information content (AvgIpc) is 2.99. The van der Waals surface area contributed by atoms with Gasteiger partial charge in [-0.1, -0.05) is 47.6 Å². The van der Waals surface area contributed by atoms with Crippen LogP contribution >= 0.6 is 12.0 Å². The topological polar surface area (TPSA) is 93.4 Å². The minimum atomic E-state index is -0.146. The first-order chi connectivity index (χ1) is 19.1. The highest BCUT2D eigenvalue weighted by atomic mass is 32.1. The van der Waals surface area contributed by atoms with Gasteiger partial charge in [-0.25, -0.2) is 14.8 Å². The van der Waals surface area contributed by atoms with E-state index >= 15 is 0 Å². The van der Waals surface area contributed by atoms with Crippen molar-refractivity contribution in [1.29, 1.82) is 0 Å². The van der Waals surface area contributed by atoms with Crippen molar-refractivity contribution in [2.45, 2.75) is 25.4 Å². The second-order valence-electron chi connectivity index (χ2n) is 9.35. The van der Waals surface area contributed by atoms with E-state index in [-0.39, 0.29) is 17.6 Å². The van der Waals surface area contributed by atoms with E-state index < -0.39 is 0 Å². The number of nitrogens with one attached hydrogen (secondary N) is 3. The number of hydrazine groups is 1. The normalized spacial score (nSPS) is 13.8. The molecule has 0 unspecified atom stereocenters. The highest BCUT2D eigenvalue weighted by Gasteiger charge is 2.29. The molecule has 0 bridgehead atoms. The Kier molecular flexibility index (Phi) is 8.33. The summed E-state index contributed by atoms with van der Waals surface area (Å²) in [4.78, 5) is 34.8. The van der Waals surface area contributed by atoms with E-state index in [0.717, 1.165) is 54.1 Å². The molecule has 1 saturated heterocycles. The first-order valence-electron chi connectivity index (χ1n) is 12.9. The zero-order valence-electron chi connectivity index (χ0n) is 21.4. The quantitative estimate of drug-likeness (QED) is 0.252. The number of thiol groups is 1. The van der Waals surface area contributed by atoms with Crippen LogP contribution in [0.3, 0.4) is 0 Å². The van der Waals surface area contributed by atoms with Crippen LogP contribution in [0.4, 0.5) is 16.3 Å². The number of H-pyrrole nitrogens is 1. The first kappa shape index (κ1) is 26.2. The van der Waals surface area contributed by atoms with E-state index in [4.69, 9.17) is 0 Å². The fourth-order valence-electron chi connectivity index (χ4n) is 4.73. The van der Waals surface area contributed by atoms with Gasteiger partial charge in [0.1, 0.15) is 5.82 Å². The van der Waals surface area contributed by atoms with Crippen molar-refractivity contribution >= 4 is 29.6 Å². The third-order valence-corrected chi connectivity index (χ3v) is 7.03. The van der Waals surface area contributed by atoms with E-state index in [9.17, 15) is 9.59 Å². The molecule has 0 spiro atoms. The number of carbonyl (C=O) groups is 1. The fourth-order valence-corrected chi connectivity index (χ4v) is 4.86. The standard InChI is InChI=1S/C30H30N6O2S/c37-29-27(7-4-16-31-29)24-9-11-25(12-10-24)36(30(38)33-19-22-5-2-1-3-6-22)26-14-17-35(18-15-26)34-28-13-8-23(21-39)20-32-28/h1-13,16,20,26,39H,14-15,17-19H2,(H,31,37)(H,32,34)(H,33,38). The molecule has 0 aliphatic carbocycles. The van der Waals surface area contributed by atoms with Crippen LogP contribution in [0.2, 0.25) is 0 Å². The Hall–Kier alpha value is -4.43. The van der Waals surface area contributed by atoms with Crippen molar-refractivity contribution in [2.24, 2.45) is 0 Å². The number of urea groups is 1. The molecule has 2 aromatic carbocycles. The molecule has 8 nitrogen and oxygen atoms in total.